The molecule has 344 valence electrons. The molecule has 0 bridgehead atoms. The quantitative estimate of drug-likeness (QED) is 0.0269. The number of aliphatic hydroxyl groups is 4. The molecule has 1 rings (SSSR count). The van der Waals surface area contributed by atoms with Crippen LogP contribution in [0.2, 0.25) is 0 Å². The van der Waals surface area contributed by atoms with E-state index in [1.54, 1.807) is 0 Å². The van der Waals surface area contributed by atoms with Crippen LogP contribution in [0.5, 0.6) is 0 Å². The number of hydrogen-bond donors (Lipinski definition) is 4. The molecule has 9 heteroatoms. The summed E-state index contributed by atoms with van der Waals surface area (Å²) in [5, 5.41) is 40.1. The smallest absolute Gasteiger partial charge is 0.306 e. The Morgan fingerprint density at radius 1 is 0.534 bits per heavy atom. The van der Waals surface area contributed by atoms with Crippen molar-refractivity contribution in [3.8, 4) is 0 Å². The zero-order valence-electron chi connectivity index (χ0n) is 37.8. The second-order valence-electron chi connectivity index (χ2n) is 17.3. The third-order valence-corrected chi connectivity index (χ3v) is 11.7. The fourth-order valence-corrected chi connectivity index (χ4v) is 7.78. The standard InChI is InChI=1S/C49H94O9/c1-3-5-7-9-11-13-15-17-18-19-20-21-22-23-24-25-26-27-28-30-32-34-36-38-45(51)57-43(42-56-49-48(54)47(53)46(52)44(40-50)58-49)41-55-39-37-35-33-31-29-16-14-12-10-8-6-4-2/h19-20,43-44,46-50,52-54H,3-18,21-42H2,1-2H3/b20-19-. The van der Waals surface area contributed by atoms with Gasteiger partial charge in [-0.15, -0.1) is 0 Å². The molecule has 0 aliphatic carbocycles. The SMILES string of the molecule is CCCCCCCCCC/C=C\CCCCCCCCCCCCCC(=O)OC(COCCCCCCCCCCCCCC)COC1OC(CO)C(O)C(O)C1O. The predicted octanol–water partition coefficient (Wildman–Crippen LogP) is 11.6. The number of ether oxygens (including phenoxy) is 4. The number of allylic oxidation sites excluding steroid dienone is 2. The van der Waals surface area contributed by atoms with E-state index in [4.69, 9.17) is 18.9 Å². The van der Waals surface area contributed by atoms with Crippen molar-refractivity contribution in [2.45, 2.75) is 269 Å². The number of rotatable bonds is 43. The van der Waals surface area contributed by atoms with Gasteiger partial charge in [-0.25, -0.2) is 0 Å². The van der Waals surface area contributed by atoms with Gasteiger partial charge in [-0.1, -0.05) is 199 Å². The van der Waals surface area contributed by atoms with Crippen molar-refractivity contribution in [1.82, 2.24) is 0 Å². The number of unbranched alkanes of at least 4 members (excludes halogenated alkanes) is 30. The maximum absolute atomic E-state index is 12.8. The van der Waals surface area contributed by atoms with Gasteiger partial charge in [-0.2, -0.15) is 0 Å². The van der Waals surface area contributed by atoms with Gasteiger partial charge in [0, 0.05) is 13.0 Å². The minimum atomic E-state index is -1.53. The summed E-state index contributed by atoms with van der Waals surface area (Å²) in [6.45, 7) is 4.60. The maximum Gasteiger partial charge on any atom is 0.306 e. The van der Waals surface area contributed by atoms with Gasteiger partial charge in [0.15, 0.2) is 6.29 Å². The molecule has 6 atom stereocenters. The van der Waals surface area contributed by atoms with Crippen molar-refractivity contribution >= 4 is 5.97 Å². The Hall–Kier alpha value is -1.07. The summed E-state index contributed by atoms with van der Waals surface area (Å²) in [7, 11) is 0. The molecular weight excluding hydrogens is 733 g/mol. The summed E-state index contributed by atoms with van der Waals surface area (Å²) < 4.78 is 22.8. The second kappa shape index (κ2) is 41.3. The summed E-state index contributed by atoms with van der Waals surface area (Å²) in [5.41, 5.74) is 0. The molecule has 0 aromatic heterocycles. The van der Waals surface area contributed by atoms with Crippen molar-refractivity contribution in [2.75, 3.05) is 26.4 Å². The van der Waals surface area contributed by atoms with Crippen LogP contribution in [0.4, 0.5) is 0 Å². The first-order valence-corrected chi connectivity index (χ1v) is 24.8. The lowest BCUT2D eigenvalue weighted by molar-refractivity contribution is -0.305. The zero-order valence-corrected chi connectivity index (χ0v) is 37.8. The van der Waals surface area contributed by atoms with Crippen molar-refractivity contribution in [3.63, 3.8) is 0 Å². The van der Waals surface area contributed by atoms with Crippen molar-refractivity contribution in [1.29, 1.82) is 0 Å². The maximum atomic E-state index is 12.8. The van der Waals surface area contributed by atoms with Crippen molar-refractivity contribution in [3.05, 3.63) is 12.2 Å². The van der Waals surface area contributed by atoms with Crippen LogP contribution in [0, 0.1) is 0 Å². The first-order valence-electron chi connectivity index (χ1n) is 24.8. The van der Waals surface area contributed by atoms with Crippen LogP contribution >= 0.6 is 0 Å². The Morgan fingerprint density at radius 3 is 1.40 bits per heavy atom. The van der Waals surface area contributed by atoms with Gasteiger partial charge in [-0.3, -0.25) is 4.79 Å². The minimum absolute atomic E-state index is 0.108. The first kappa shape index (κ1) is 54.9. The fourth-order valence-electron chi connectivity index (χ4n) is 7.78. The molecule has 0 amide bonds. The van der Waals surface area contributed by atoms with Gasteiger partial charge < -0.3 is 39.4 Å². The number of hydrogen-bond acceptors (Lipinski definition) is 9. The average molecular weight is 827 g/mol. The number of carbonyl (C=O) groups is 1. The van der Waals surface area contributed by atoms with E-state index in [1.807, 2.05) is 0 Å². The Kier molecular flexibility index (Phi) is 39.1. The molecule has 0 radical (unpaired) electrons. The molecule has 1 aliphatic heterocycles. The van der Waals surface area contributed by atoms with E-state index in [0.29, 0.717) is 13.0 Å². The van der Waals surface area contributed by atoms with Gasteiger partial charge in [0.25, 0.3) is 0 Å². The topological polar surface area (TPSA) is 135 Å². The Bertz CT molecular complexity index is 899. The first-order chi connectivity index (χ1) is 28.4. The summed E-state index contributed by atoms with van der Waals surface area (Å²) in [6, 6.07) is 0. The monoisotopic (exact) mass is 827 g/mol. The van der Waals surface area contributed by atoms with Crippen molar-refractivity contribution < 1.29 is 44.2 Å². The van der Waals surface area contributed by atoms with Gasteiger partial charge in [-0.05, 0) is 38.5 Å². The van der Waals surface area contributed by atoms with Gasteiger partial charge in [0.2, 0.25) is 0 Å². The highest BCUT2D eigenvalue weighted by Gasteiger charge is 2.44. The molecule has 6 unspecified atom stereocenters. The lowest BCUT2D eigenvalue weighted by Crippen LogP contribution is -2.59. The van der Waals surface area contributed by atoms with Gasteiger partial charge in [0.05, 0.1) is 19.8 Å². The zero-order chi connectivity index (χ0) is 42.2. The molecule has 0 spiro atoms. The molecule has 0 saturated carbocycles. The highest BCUT2D eigenvalue weighted by Crippen LogP contribution is 2.23. The van der Waals surface area contributed by atoms with E-state index < -0.39 is 43.4 Å². The second-order valence-corrected chi connectivity index (χ2v) is 17.3. The molecule has 58 heavy (non-hydrogen) atoms. The van der Waals surface area contributed by atoms with Crippen LogP contribution in [-0.4, -0.2) is 89.6 Å². The number of aliphatic hydroxyl groups excluding tert-OH is 4. The van der Waals surface area contributed by atoms with E-state index in [9.17, 15) is 25.2 Å². The molecule has 4 N–H and O–H groups in total. The number of carbonyl (C=O) groups excluding carboxylic acids is 1. The van der Waals surface area contributed by atoms with Crippen LogP contribution in [-0.2, 0) is 23.7 Å². The van der Waals surface area contributed by atoms with E-state index >= 15 is 0 Å². The normalized spacial score (nSPS) is 20.3. The molecular formula is C49H94O9. The van der Waals surface area contributed by atoms with E-state index in [0.717, 1.165) is 32.1 Å². The highest BCUT2D eigenvalue weighted by atomic mass is 16.7. The molecule has 9 nitrogen and oxygen atoms in total. The Labute approximate surface area is 356 Å². The number of esters is 1. The van der Waals surface area contributed by atoms with Gasteiger partial charge in [0.1, 0.15) is 30.5 Å². The predicted molar refractivity (Wildman–Crippen MR) is 238 cm³/mol. The summed E-state index contributed by atoms with van der Waals surface area (Å²) in [6.07, 6.45) is 39.6. The van der Waals surface area contributed by atoms with E-state index in [2.05, 4.69) is 26.0 Å². The van der Waals surface area contributed by atoms with E-state index in [-0.39, 0.29) is 19.2 Å². The van der Waals surface area contributed by atoms with E-state index in [1.165, 1.54) is 180 Å². The summed E-state index contributed by atoms with van der Waals surface area (Å²) >= 11 is 0. The lowest BCUT2D eigenvalue weighted by Gasteiger charge is -2.39. The summed E-state index contributed by atoms with van der Waals surface area (Å²) in [5.74, 6) is -0.310. The Balaban J connectivity index is 2.17. The lowest BCUT2D eigenvalue weighted by atomic mass is 9.99. The fraction of sp³-hybridized carbons (Fsp3) is 0.939. The van der Waals surface area contributed by atoms with Crippen LogP contribution in [0.3, 0.4) is 0 Å². The van der Waals surface area contributed by atoms with Crippen LogP contribution in [0.15, 0.2) is 12.2 Å². The molecule has 0 aromatic carbocycles. The van der Waals surface area contributed by atoms with Crippen LogP contribution in [0.25, 0.3) is 0 Å². The molecule has 1 fully saturated rings. The molecule has 1 saturated heterocycles. The van der Waals surface area contributed by atoms with Crippen molar-refractivity contribution in [2.24, 2.45) is 0 Å². The minimum Gasteiger partial charge on any atom is -0.457 e. The van der Waals surface area contributed by atoms with Crippen LogP contribution < -0.4 is 0 Å². The Morgan fingerprint density at radius 2 is 0.948 bits per heavy atom. The average Bonchev–Trinajstić information content (AvgIpc) is 3.22. The molecule has 1 heterocycles. The largest absolute Gasteiger partial charge is 0.457 e. The summed E-state index contributed by atoms with van der Waals surface area (Å²) in [4.78, 5) is 12.8. The van der Waals surface area contributed by atoms with Gasteiger partial charge >= 0.3 is 5.97 Å². The molecule has 0 aromatic rings. The highest BCUT2D eigenvalue weighted by molar-refractivity contribution is 5.69. The third-order valence-electron chi connectivity index (χ3n) is 11.7. The third kappa shape index (κ3) is 31.8. The van der Waals surface area contributed by atoms with Crippen LogP contribution in [0.1, 0.15) is 232 Å². The molecule has 1 aliphatic rings.